The Morgan fingerprint density at radius 1 is 1.43 bits per heavy atom. The number of hydrogen-bond acceptors (Lipinski definition) is 3. The van der Waals surface area contributed by atoms with Crippen molar-refractivity contribution in [2.24, 2.45) is 5.92 Å². The molecule has 21 heavy (non-hydrogen) atoms. The highest BCUT2D eigenvalue weighted by Gasteiger charge is 2.25. The predicted molar refractivity (Wildman–Crippen MR) is 82.5 cm³/mol. The van der Waals surface area contributed by atoms with Gasteiger partial charge in [-0.05, 0) is 37.3 Å². The standard InChI is InChI=1S/C15H22N2O3S/c1-2-12-5-6-13(21-12)9-16-15(20)17-7-3-4-11(10-17)8-14(18)19/h5-6,11H,2-4,7-10H2,1H3,(H,16,20)(H,18,19). The fourth-order valence-corrected chi connectivity index (χ4v) is 3.54. The Hall–Kier alpha value is -1.56. The van der Waals surface area contributed by atoms with Crippen molar-refractivity contribution in [2.45, 2.75) is 39.2 Å². The number of rotatable bonds is 5. The summed E-state index contributed by atoms with van der Waals surface area (Å²) >= 11 is 1.72. The third-order valence-electron chi connectivity index (χ3n) is 3.75. The molecule has 1 saturated heterocycles. The number of hydrogen-bond donors (Lipinski definition) is 2. The molecule has 0 radical (unpaired) electrons. The number of nitrogens with one attached hydrogen (secondary N) is 1. The fraction of sp³-hybridized carbons (Fsp3) is 0.600. The molecular weight excluding hydrogens is 288 g/mol. The summed E-state index contributed by atoms with van der Waals surface area (Å²) in [5.41, 5.74) is 0. The number of nitrogens with zero attached hydrogens (tertiary/aromatic N) is 1. The lowest BCUT2D eigenvalue weighted by atomic mass is 9.95. The molecule has 1 aliphatic heterocycles. The van der Waals surface area contributed by atoms with Gasteiger partial charge < -0.3 is 15.3 Å². The van der Waals surface area contributed by atoms with Gasteiger partial charge in [0.25, 0.3) is 0 Å². The summed E-state index contributed by atoms with van der Waals surface area (Å²) < 4.78 is 0. The molecule has 1 unspecified atom stereocenters. The Balaban J connectivity index is 1.80. The van der Waals surface area contributed by atoms with E-state index in [4.69, 9.17) is 5.11 Å². The first-order valence-electron chi connectivity index (χ1n) is 7.40. The van der Waals surface area contributed by atoms with Gasteiger partial charge in [0.2, 0.25) is 0 Å². The van der Waals surface area contributed by atoms with E-state index in [2.05, 4.69) is 18.3 Å². The van der Waals surface area contributed by atoms with Gasteiger partial charge >= 0.3 is 12.0 Å². The first-order chi connectivity index (χ1) is 10.1. The van der Waals surface area contributed by atoms with Crippen LogP contribution >= 0.6 is 11.3 Å². The van der Waals surface area contributed by atoms with Crippen LogP contribution in [-0.2, 0) is 17.8 Å². The lowest BCUT2D eigenvalue weighted by Crippen LogP contribution is -2.45. The van der Waals surface area contributed by atoms with E-state index in [9.17, 15) is 9.59 Å². The van der Waals surface area contributed by atoms with Crippen molar-refractivity contribution in [1.29, 1.82) is 0 Å². The van der Waals surface area contributed by atoms with E-state index in [1.54, 1.807) is 16.2 Å². The predicted octanol–water partition coefficient (Wildman–Crippen LogP) is 2.71. The second kappa shape index (κ2) is 7.45. The van der Waals surface area contributed by atoms with Crippen LogP contribution < -0.4 is 5.32 Å². The molecule has 0 saturated carbocycles. The van der Waals surface area contributed by atoms with Crippen molar-refractivity contribution < 1.29 is 14.7 Å². The van der Waals surface area contributed by atoms with Crippen LogP contribution in [0.5, 0.6) is 0 Å². The summed E-state index contributed by atoms with van der Waals surface area (Å²) in [6, 6.07) is 4.06. The van der Waals surface area contributed by atoms with Gasteiger partial charge in [-0.25, -0.2) is 4.79 Å². The molecule has 2 heterocycles. The minimum atomic E-state index is -0.784. The molecule has 2 rings (SSSR count). The number of carbonyl (C=O) groups is 2. The molecule has 116 valence electrons. The monoisotopic (exact) mass is 310 g/mol. The normalized spacial score (nSPS) is 18.5. The molecule has 1 atom stereocenters. The van der Waals surface area contributed by atoms with Crippen LogP contribution in [0, 0.1) is 5.92 Å². The second-order valence-electron chi connectivity index (χ2n) is 5.43. The number of thiophene rings is 1. The molecule has 5 nitrogen and oxygen atoms in total. The van der Waals surface area contributed by atoms with Crippen molar-refractivity contribution in [3.63, 3.8) is 0 Å². The molecular formula is C15H22N2O3S. The number of amides is 2. The summed E-state index contributed by atoms with van der Waals surface area (Å²) in [4.78, 5) is 27.1. The van der Waals surface area contributed by atoms with E-state index in [1.165, 1.54) is 4.88 Å². The number of aryl methyl sites for hydroxylation is 1. The Bertz CT molecular complexity index is 501. The SMILES string of the molecule is CCc1ccc(CNC(=O)N2CCCC(CC(=O)O)C2)s1. The lowest BCUT2D eigenvalue weighted by Gasteiger charge is -2.32. The Morgan fingerprint density at radius 3 is 2.86 bits per heavy atom. The number of aliphatic carboxylic acids is 1. The highest BCUT2D eigenvalue weighted by atomic mass is 32.1. The highest BCUT2D eigenvalue weighted by molar-refractivity contribution is 7.11. The fourth-order valence-electron chi connectivity index (χ4n) is 2.64. The van der Waals surface area contributed by atoms with E-state index < -0.39 is 5.97 Å². The van der Waals surface area contributed by atoms with Crippen molar-refractivity contribution >= 4 is 23.3 Å². The van der Waals surface area contributed by atoms with Crippen molar-refractivity contribution in [3.8, 4) is 0 Å². The number of carboxylic acid groups (broad SMARTS) is 1. The van der Waals surface area contributed by atoms with Crippen LogP contribution in [0.25, 0.3) is 0 Å². The molecule has 0 spiro atoms. The van der Waals surface area contributed by atoms with Gasteiger partial charge in [-0.1, -0.05) is 6.92 Å². The van der Waals surface area contributed by atoms with Crippen LogP contribution in [0.3, 0.4) is 0 Å². The number of piperidine rings is 1. The Labute approximate surface area is 129 Å². The largest absolute Gasteiger partial charge is 0.481 e. The zero-order valence-electron chi connectivity index (χ0n) is 12.3. The van der Waals surface area contributed by atoms with Crippen molar-refractivity contribution in [2.75, 3.05) is 13.1 Å². The minimum Gasteiger partial charge on any atom is -0.481 e. The highest BCUT2D eigenvalue weighted by Crippen LogP contribution is 2.20. The summed E-state index contributed by atoms with van der Waals surface area (Å²) in [5.74, 6) is -0.705. The minimum absolute atomic E-state index is 0.0791. The molecule has 2 N–H and O–H groups in total. The molecule has 0 aliphatic carbocycles. The van der Waals surface area contributed by atoms with Gasteiger partial charge in [-0.2, -0.15) is 0 Å². The van der Waals surface area contributed by atoms with Crippen LogP contribution in [0.15, 0.2) is 12.1 Å². The number of likely N-dealkylation sites (tertiary alicyclic amines) is 1. The maximum atomic E-state index is 12.2. The first kappa shape index (κ1) is 15.8. The summed E-state index contributed by atoms with van der Waals surface area (Å²) in [6.45, 7) is 3.92. The van der Waals surface area contributed by atoms with Crippen LogP contribution in [-0.4, -0.2) is 35.1 Å². The third kappa shape index (κ3) is 4.74. The van der Waals surface area contributed by atoms with Gasteiger partial charge in [0, 0.05) is 29.3 Å². The lowest BCUT2D eigenvalue weighted by molar-refractivity contribution is -0.138. The summed E-state index contributed by atoms with van der Waals surface area (Å²) in [6.07, 6.45) is 2.93. The quantitative estimate of drug-likeness (QED) is 0.878. The number of urea groups is 1. The molecule has 1 aliphatic rings. The molecule has 1 fully saturated rings. The van der Waals surface area contributed by atoms with E-state index in [-0.39, 0.29) is 18.4 Å². The maximum absolute atomic E-state index is 12.2. The summed E-state index contributed by atoms with van der Waals surface area (Å²) in [7, 11) is 0. The molecule has 2 amide bonds. The average Bonchev–Trinajstić information content (AvgIpc) is 2.92. The first-order valence-corrected chi connectivity index (χ1v) is 8.22. The molecule has 6 heteroatoms. The van der Waals surface area contributed by atoms with Crippen LogP contribution in [0.4, 0.5) is 4.79 Å². The van der Waals surface area contributed by atoms with E-state index in [0.29, 0.717) is 19.6 Å². The van der Waals surface area contributed by atoms with Gasteiger partial charge in [-0.15, -0.1) is 11.3 Å². The van der Waals surface area contributed by atoms with Gasteiger partial charge in [0.15, 0.2) is 0 Å². The Morgan fingerprint density at radius 2 is 2.19 bits per heavy atom. The smallest absolute Gasteiger partial charge is 0.317 e. The number of carboxylic acids is 1. The van der Waals surface area contributed by atoms with Gasteiger partial charge in [0.1, 0.15) is 0 Å². The van der Waals surface area contributed by atoms with Crippen LogP contribution in [0.2, 0.25) is 0 Å². The zero-order chi connectivity index (χ0) is 15.2. The van der Waals surface area contributed by atoms with Crippen molar-refractivity contribution in [1.82, 2.24) is 10.2 Å². The van der Waals surface area contributed by atoms with E-state index >= 15 is 0 Å². The molecule has 0 aromatic carbocycles. The average molecular weight is 310 g/mol. The van der Waals surface area contributed by atoms with Crippen molar-refractivity contribution in [3.05, 3.63) is 21.9 Å². The zero-order valence-corrected chi connectivity index (χ0v) is 13.1. The van der Waals surface area contributed by atoms with Gasteiger partial charge in [0.05, 0.1) is 6.54 Å². The van der Waals surface area contributed by atoms with E-state index in [1.807, 2.05) is 6.07 Å². The van der Waals surface area contributed by atoms with E-state index in [0.717, 1.165) is 24.1 Å². The molecule has 1 aromatic rings. The van der Waals surface area contributed by atoms with Gasteiger partial charge in [-0.3, -0.25) is 4.79 Å². The third-order valence-corrected chi connectivity index (χ3v) is 4.98. The number of carbonyl (C=O) groups excluding carboxylic acids is 1. The summed E-state index contributed by atoms with van der Waals surface area (Å²) in [5, 5.41) is 11.8. The molecule has 0 bridgehead atoms. The van der Waals surface area contributed by atoms with Crippen LogP contribution in [0.1, 0.15) is 35.9 Å². The second-order valence-corrected chi connectivity index (χ2v) is 6.69. The molecule has 1 aromatic heterocycles. The topological polar surface area (TPSA) is 69.6 Å². The Kier molecular flexibility index (Phi) is 5.61. The maximum Gasteiger partial charge on any atom is 0.317 e.